The zero-order valence-corrected chi connectivity index (χ0v) is 11.1. The standard InChI is InChI=1S/C12H15N5OS/c13-10-15-11(14)17(6-7-18)12(16-10)19-8-9-4-2-1-3-5-9/h1-5,18H,6-8H2,(H3,13,14,15). The number of aliphatic hydroxyl groups excluding tert-OH is 1. The van der Waals surface area contributed by atoms with E-state index in [1.165, 1.54) is 11.8 Å². The number of nitrogens with two attached hydrogens (primary N) is 1. The van der Waals surface area contributed by atoms with Gasteiger partial charge in [0.15, 0.2) is 5.16 Å². The third-order valence-electron chi connectivity index (χ3n) is 2.45. The summed E-state index contributed by atoms with van der Waals surface area (Å²) in [5.41, 5.74) is 6.73. The van der Waals surface area contributed by atoms with E-state index in [-0.39, 0.29) is 24.7 Å². The number of thioether (sulfide) groups is 1. The summed E-state index contributed by atoms with van der Waals surface area (Å²) in [6, 6.07) is 9.96. The summed E-state index contributed by atoms with van der Waals surface area (Å²) < 4.78 is 1.55. The molecule has 6 nitrogen and oxygen atoms in total. The van der Waals surface area contributed by atoms with Crippen LogP contribution in [0.1, 0.15) is 5.56 Å². The van der Waals surface area contributed by atoms with Gasteiger partial charge in [0.05, 0.1) is 13.2 Å². The van der Waals surface area contributed by atoms with Gasteiger partial charge in [-0.25, -0.2) is 0 Å². The molecule has 2 rings (SSSR count). The lowest BCUT2D eigenvalue weighted by Gasteiger charge is -2.11. The maximum Gasteiger partial charge on any atom is 0.227 e. The van der Waals surface area contributed by atoms with Crippen LogP contribution in [0.25, 0.3) is 0 Å². The number of nitrogen functional groups attached to an aromatic ring is 1. The minimum absolute atomic E-state index is 0.0112. The average Bonchev–Trinajstić information content (AvgIpc) is 2.41. The van der Waals surface area contributed by atoms with Gasteiger partial charge in [-0.05, 0) is 5.56 Å². The van der Waals surface area contributed by atoms with Gasteiger partial charge in [0.25, 0.3) is 0 Å². The Bertz CT molecular complexity index is 599. The van der Waals surface area contributed by atoms with Crippen LogP contribution in [0.4, 0.5) is 5.95 Å². The molecule has 0 aliphatic carbocycles. The molecule has 0 radical (unpaired) electrons. The Kier molecular flexibility index (Phi) is 4.53. The third kappa shape index (κ3) is 3.55. The lowest BCUT2D eigenvalue weighted by atomic mass is 10.2. The van der Waals surface area contributed by atoms with Crippen LogP contribution in [0, 0.1) is 5.41 Å². The molecule has 2 aromatic rings. The van der Waals surface area contributed by atoms with Crippen molar-refractivity contribution < 1.29 is 5.11 Å². The highest BCUT2D eigenvalue weighted by molar-refractivity contribution is 7.98. The monoisotopic (exact) mass is 277 g/mol. The average molecular weight is 277 g/mol. The molecule has 0 bridgehead atoms. The third-order valence-corrected chi connectivity index (χ3v) is 3.50. The fourth-order valence-corrected chi connectivity index (χ4v) is 2.56. The van der Waals surface area contributed by atoms with Crippen molar-refractivity contribution in [2.75, 3.05) is 12.3 Å². The van der Waals surface area contributed by atoms with Gasteiger partial charge in [0.1, 0.15) is 0 Å². The van der Waals surface area contributed by atoms with E-state index in [9.17, 15) is 0 Å². The fraction of sp³-hybridized carbons (Fsp3) is 0.250. The van der Waals surface area contributed by atoms with E-state index in [4.69, 9.17) is 16.2 Å². The Morgan fingerprint density at radius 1 is 1.26 bits per heavy atom. The molecule has 0 fully saturated rings. The highest BCUT2D eigenvalue weighted by Gasteiger charge is 2.07. The summed E-state index contributed by atoms with van der Waals surface area (Å²) in [5.74, 6) is 0.803. The first-order valence-corrected chi connectivity index (χ1v) is 6.76. The van der Waals surface area contributed by atoms with E-state index >= 15 is 0 Å². The maximum atomic E-state index is 9.02. The lowest BCUT2D eigenvalue weighted by Crippen LogP contribution is -2.28. The molecule has 0 amide bonds. The van der Waals surface area contributed by atoms with Gasteiger partial charge in [0, 0.05) is 5.75 Å². The van der Waals surface area contributed by atoms with E-state index in [0.717, 1.165) is 11.3 Å². The van der Waals surface area contributed by atoms with Gasteiger partial charge in [-0.2, -0.15) is 9.97 Å². The molecule has 19 heavy (non-hydrogen) atoms. The van der Waals surface area contributed by atoms with Crippen molar-refractivity contribution in [1.29, 1.82) is 5.41 Å². The number of benzene rings is 1. The molecule has 0 spiro atoms. The zero-order chi connectivity index (χ0) is 13.7. The minimum atomic E-state index is -0.0667. The summed E-state index contributed by atoms with van der Waals surface area (Å²) in [7, 11) is 0. The van der Waals surface area contributed by atoms with E-state index in [0.29, 0.717) is 5.16 Å². The molecule has 7 heteroatoms. The molecule has 1 aromatic heterocycles. The SMILES string of the molecule is N=c1nc(N)nc(SCc2ccccc2)n1CCO. The van der Waals surface area contributed by atoms with Crippen LogP contribution in [0.3, 0.4) is 0 Å². The van der Waals surface area contributed by atoms with Crippen LogP contribution in [-0.2, 0) is 12.3 Å². The molecular formula is C12H15N5OS. The second-order valence-electron chi connectivity index (χ2n) is 3.84. The van der Waals surface area contributed by atoms with Gasteiger partial charge in [-0.15, -0.1) is 0 Å². The predicted octanol–water partition coefficient (Wildman–Crippen LogP) is 0.624. The summed E-state index contributed by atoms with van der Waals surface area (Å²) in [6.07, 6.45) is 0. The van der Waals surface area contributed by atoms with Crippen LogP contribution in [-0.4, -0.2) is 26.2 Å². The van der Waals surface area contributed by atoms with Crippen LogP contribution in [0.5, 0.6) is 0 Å². The Morgan fingerprint density at radius 3 is 2.68 bits per heavy atom. The number of rotatable bonds is 5. The molecule has 0 aliphatic rings. The molecule has 1 heterocycles. The summed E-state index contributed by atoms with van der Waals surface area (Å²) >= 11 is 1.47. The van der Waals surface area contributed by atoms with E-state index in [2.05, 4.69) is 9.97 Å². The number of hydrogen-bond acceptors (Lipinski definition) is 6. The number of hydrogen-bond donors (Lipinski definition) is 3. The maximum absolute atomic E-state index is 9.02. The number of nitrogens with one attached hydrogen (secondary N) is 1. The number of aromatic nitrogens is 3. The van der Waals surface area contributed by atoms with Crippen molar-refractivity contribution in [2.24, 2.45) is 0 Å². The Hall–Kier alpha value is -1.86. The van der Waals surface area contributed by atoms with E-state index in [1.807, 2.05) is 30.3 Å². The minimum Gasteiger partial charge on any atom is -0.395 e. The van der Waals surface area contributed by atoms with Crippen molar-refractivity contribution in [2.45, 2.75) is 17.5 Å². The first kappa shape index (κ1) is 13.6. The van der Waals surface area contributed by atoms with Crippen molar-refractivity contribution >= 4 is 17.7 Å². The second kappa shape index (κ2) is 6.35. The highest BCUT2D eigenvalue weighted by Crippen LogP contribution is 2.19. The Labute approximate surface area is 114 Å². The predicted molar refractivity (Wildman–Crippen MR) is 73.4 cm³/mol. The molecule has 100 valence electrons. The topological polar surface area (TPSA) is 101 Å². The Morgan fingerprint density at radius 2 is 2.00 bits per heavy atom. The zero-order valence-electron chi connectivity index (χ0n) is 10.3. The molecule has 1 aromatic carbocycles. The number of anilines is 1. The van der Waals surface area contributed by atoms with Crippen molar-refractivity contribution in [1.82, 2.24) is 14.5 Å². The van der Waals surface area contributed by atoms with E-state index in [1.54, 1.807) is 4.57 Å². The fourth-order valence-electron chi connectivity index (χ4n) is 1.58. The van der Waals surface area contributed by atoms with Gasteiger partial charge in [0.2, 0.25) is 11.6 Å². The summed E-state index contributed by atoms with van der Waals surface area (Å²) in [5, 5.41) is 17.4. The first-order valence-electron chi connectivity index (χ1n) is 5.77. The molecule has 4 N–H and O–H groups in total. The summed E-state index contributed by atoms with van der Waals surface area (Å²) in [6.45, 7) is 0.221. The molecule has 0 atom stereocenters. The molecule has 0 unspecified atom stereocenters. The number of nitrogens with zero attached hydrogens (tertiary/aromatic N) is 3. The summed E-state index contributed by atoms with van der Waals surface area (Å²) in [4.78, 5) is 7.91. The molecular weight excluding hydrogens is 262 g/mol. The first-order chi connectivity index (χ1) is 9.20. The van der Waals surface area contributed by atoms with Crippen LogP contribution >= 0.6 is 11.8 Å². The lowest BCUT2D eigenvalue weighted by molar-refractivity contribution is 0.265. The number of aliphatic hydroxyl groups is 1. The second-order valence-corrected chi connectivity index (χ2v) is 4.78. The molecule has 0 saturated heterocycles. The molecule has 0 saturated carbocycles. The van der Waals surface area contributed by atoms with Gasteiger partial charge in [-0.1, -0.05) is 42.1 Å². The van der Waals surface area contributed by atoms with Gasteiger partial charge < -0.3 is 10.8 Å². The highest BCUT2D eigenvalue weighted by atomic mass is 32.2. The van der Waals surface area contributed by atoms with Crippen LogP contribution in [0.2, 0.25) is 0 Å². The smallest absolute Gasteiger partial charge is 0.227 e. The largest absolute Gasteiger partial charge is 0.395 e. The van der Waals surface area contributed by atoms with Crippen molar-refractivity contribution in [3.63, 3.8) is 0 Å². The quantitative estimate of drug-likeness (QED) is 0.696. The van der Waals surface area contributed by atoms with Crippen LogP contribution in [0.15, 0.2) is 35.5 Å². The van der Waals surface area contributed by atoms with Crippen molar-refractivity contribution in [3.8, 4) is 0 Å². The normalized spacial score (nSPS) is 10.6. The van der Waals surface area contributed by atoms with Gasteiger partial charge in [-0.3, -0.25) is 9.98 Å². The Balaban J connectivity index is 2.21. The van der Waals surface area contributed by atoms with Gasteiger partial charge >= 0.3 is 0 Å². The molecule has 0 aliphatic heterocycles. The van der Waals surface area contributed by atoms with E-state index < -0.39 is 0 Å². The van der Waals surface area contributed by atoms with Crippen molar-refractivity contribution in [3.05, 3.63) is 41.5 Å². The van der Waals surface area contributed by atoms with Crippen LogP contribution < -0.4 is 11.4 Å².